The zero-order chi connectivity index (χ0) is 20.7. The highest BCUT2D eigenvalue weighted by molar-refractivity contribution is 6.30. The quantitative estimate of drug-likeness (QED) is 0.671. The van der Waals surface area contributed by atoms with Crippen LogP contribution in [0.1, 0.15) is 40.8 Å². The molecule has 0 saturated carbocycles. The summed E-state index contributed by atoms with van der Waals surface area (Å²) >= 11 is 6.00. The summed E-state index contributed by atoms with van der Waals surface area (Å²) in [4.78, 5) is 29.0. The molecule has 8 nitrogen and oxygen atoms in total. The van der Waals surface area contributed by atoms with E-state index in [2.05, 4.69) is 20.9 Å². The maximum Gasteiger partial charge on any atom is 0.292 e. The second kappa shape index (κ2) is 7.77. The molecule has 30 heavy (non-hydrogen) atoms. The van der Waals surface area contributed by atoms with Crippen molar-refractivity contribution in [3.05, 3.63) is 58.4 Å². The van der Waals surface area contributed by atoms with E-state index in [0.717, 1.165) is 30.8 Å². The molecule has 2 atom stereocenters. The molecule has 3 aliphatic rings. The minimum atomic E-state index is -0.528. The standard InChI is InChI=1S/C21H21ClN4O4/c22-13-2-4-16-11(5-13)1-3-17(29-16)19(27)25-14-6-15(7-14)26-20(28)18-10-24-21(30-18)12-8-23-9-12/h2,4-6,10,12,14,17,23H,1,3,7-9H2,(H,25,27)(H,26,28)/t14?,17-/m1/s1. The molecule has 0 radical (unpaired) electrons. The molecular formula is C21H21ClN4O4. The van der Waals surface area contributed by atoms with E-state index < -0.39 is 6.10 Å². The Balaban J connectivity index is 1.11. The van der Waals surface area contributed by atoms with Gasteiger partial charge in [-0.3, -0.25) is 9.59 Å². The van der Waals surface area contributed by atoms with Crippen LogP contribution < -0.4 is 20.7 Å². The second-order valence-electron chi connectivity index (χ2n) is 7.78. The maximum atomic E-state index is 12.5. The lowest BCUT2D eigenvalue weighted by molar-refractivity contribution is -0.129. The van der Waals surface area contributed by atoms with Gasteiger partial charge in [-0.05, 0) is 42.7 Å². The molecular weight excluding hydrogens is 408 g/mol. The van der Waals surface area contributed by atoms with Gasteiger partial charge in [-0.15, -0.1) is 0 Å². The average molecular weight is 429 g/mol. The first kappa shape index (κ1) is 19.1. The molecule has 0 spiro atoms. The summed E-state index contributed by atoms with van der Waals surface area (Å²) in [7, 11) is 0. The molecule has 0 bridgehead atoms. The third-order valence-electron chi connectivity index (χ3n) is 5.58. The Morgan fingerprint density at radius 1 is 1.27 bits per heavy atom. The highest BCUT2D eigenvalue weighted by atomic mass is 35.5. The van der Waals surface area contributed by atoms with Gasteiger partial charge in [0.25, 0.3) is 11.8 Å². The smallest absolute Gasteiger partial charge is 0.292 e. The molecule has 1 saturated heterocycles. The number of aromatic nitrogens is 1. The van der Waals surface area contributed by atoms with E-state index in [-0.39, 0.29) is 29.5 Å². The van der Waals surface area contributed by atoms with Crippen LogP contribution in [0.2, 0.25) is 5.02 Å². The van der Waals surface area contributed by atoms with Crippen molar-refractivity contribution >= 4 is 23.4 Å². The summed E-state index contributed by atoms with van der Waals surface area (Å²) in [5, 5.41) is 9.55. The lowest BCUT2D eigenvalue weighted by Crippen LogP contribution is -2.48. The van der Waals surface area contributed by atoms with Crippen LogP contribution in [-0.2, 0) is 11.2 Å². The number of rotatable bonds is 5. The van der Waals surface area contributed by atoms with Gasteiger partial charge < -0.3 is 25.1 Å². The van der Waals surface area contributed by atoms with Gasteiger partial charge in [-0.1, -0.05) is 11.6 Å². The van der Waals surface area contributed by atoms with Crippen LogP contribution in [0.25, 0.3) is 0 Å². The van der Waals surface area contributed by atoms with E-state index in [0.29, 0.717) is 29.5 Å². The Bertz CT molecular complexity index is 1030. The molecule has 3 heterocycles. The maximum absolute atomic E-state index is 12.5. The number of hydrogen-bond acceptors (Lipinski definition) is 6. The number of ether oxygens (including phenoxy) is 1. The number of carbonyl (C=O) groups is 2. The van der Waals surface area contributed by atoms with Crippen LogP contribution >= 0.6 is 11.6 Å². The third-order valence-corrected chi connectivity index (χ3v) is 5.82. The van der Waals surface area contributed by atoms with Gasteiger partial charge >= 0.3 is 0 Å². The van der Waals surface area contributed by atoms with Crippen molar-refractivity contribution in [2.45, 2.75) is 37.3 Å². The number of halogens is 1. The number of benzene rings is 1. The molecule has 2 aliphatic heterocycles. The van der Waals surface area contributed by atoms with E-state index in [1.165, 1.54) is 6.20 Å². The van der Waals surface area contributed by atoms with Crippen molar-refractivity contribution in [2.24, 2.45) is 0 Å². The SMILES string of the molecule is O=C(NC1=CC(NC(=O)[C@H]2CCc3cc(Cl)ccc3O2)C1)c1cnc(C2CNC2)o1. The fourth-order valence-electron chi connectivity index (χ4n) is 3.70. The van der Waals surface area contributed by atoms with Gasteiger partial charge in [0, 0.05) is 30.2 Å². The zero-order valence-electron chi connectivity index (χ0n) is 16.1. The summed E-state index contributed by atoms with van der Waals surface area (Å²) in [5.74, 6) is 1.23. The fraction of sp³-hybridized carbons (Fsp3) is 0.381. The first-order valence-corrected chi connectivity index (χ1v) is 10.4. The number of nitrogens with one attached hydrogen (secondary N) is 3. The molecule has 2 aromatic rings. The number of amides is 2. The van der Waals surface area contributed by atoms with Gasteiger partial charge in [-0.2, -0.15) is 0 Å². The van der Waals surface area contributed by atoms with E-state index in [1.807, 2.05) is 12.1 Å². The van der Waals surface area contributed by atoms with Gasteiger partial charge in [0.2, 0.25) is 11.7 Å². The van der Waals surface area contributed by atoms with Gasteiger partial charge in [0.05, 0.1) is 18.2 Å². The van der Waals surface area contributed by atoms with E-state index in [4.69, 9.17) is 20.8 Å². The monoisotopic (exact) mass is 428 g/mol. The molecule has 1 unspecified atom stereocenters. The number of fused-ring (bicyclic) bond motifs is 1. The van der Waals surface area contributed by atoms with Crippen molar-refractivity contribution in [2.75, 3.05) is 13.1 Å². The minimum absolute atomic E-state index is 0.130. The van der Waals surface area contributed by atoms with Crippen LogP contribution in [0.3, 0.4) is 0 Å². The molecule has 1 aliphatic carbocycles. The summed E-state index contributed by atoms with van der Waals surface area (Å²) in [6.07, 6.45) is 4.63. The van der Waals surface area contributed by atoms with Crippen LogP contribution in [0.15, 0.2) is 40.6 Å². The Morgan fingerprint density at radius 2 is 2.10 bits per heavy atom. The minimum Gasteiger partial charge on any atom is -0.480 e. The number of oxazole rings is 1. The Hall–Kier alpha value is -2.84. The lowest BCUT2D eigenvalue weighted by Gasteiger charge is -2.30. The predicted octanol–water partition coefficient (Wildman–Crippen LogP) is 1.91. The highest BCUT2D eigenvalue weighted by Gasteiger charge is 2.31. The third kappa shape index (κ3) is 3.80. The Kier molecular flexibility index (Phi) is 4.96. The van der Waals surface area contributed by atoms with Crippen LogP contribution in [0.5, 0.6) is 5.75 Å². The largest absolute Gasteiger partial charge is 0.480 e. The summed E-state index contributed by atoms with van der Waals surface area (Å²) in [6, 6.07) is 5.29. The van der Waals surface area contributed by atoms with Crippen molar-refractivity contribution in [3.63, 3.8) is 0 Å². The molecule has 3 N–H and O–H groups in total. The lowest BCUT2D eigenvalue weighted by atomic mass is 9.97. The molecule has 2 amide bonds. The normalized spacial score (nSPS) is 22.6. The Morgan fingerprint density at radius 3 is 2.87 bits per heavy atom. The fourth-order valence-corrected chi connectivity index (χ4v) is 3.90. The topological polar surface area (TPSA) is 105 Å². The number of nitrogens with zero attached hydrogens (tertiary/aromatic N) is 1. The van der Waals surface area contributed by atoms with E-state index in [9.17, 15) is 9.59 Å². The zero-order valence-corrected chi connectivity index (χ0v) is 16.9. The molecule has 156 valence electrons. The van der Waals surface area contributed by atoms with Crippen LogP contribution in [0, 0.1) is 0 Å². The van der Waals surface area contributed by atoms with E-state index in [1.54, 1.807) is 12.1 Å². The second-order valence-corrected chi connectivity index (χ2v) is 8.22. The first-order chi connectivity index (χ1) is 14.5. The van der Waals surface area contributed by atoms with Gasteiger partial charge in [0.15, 0.2) is 6.10 Å². The van der Waals surface area contributed by atoms with E-state index >= 15 is 0 Å². The number of hydrogen-bond donors (Lipinski definition) is 3. The Labute approximate surface area is 178 Å². The molecule has 1 aromatic carbocycles. The van der Waals surface area contributed by atoms with Gasteiger partial charge in [0.1, 0.15) is 5.75 Å². The summed E-state index contributed by atoms with van der Waals surface area (Å²) < 4.78 is 11.4. The number of aryl methyl sites for hydroxylation is 1. The highest BCUT2D eigenvalue weighted by Crippen LogP contribution is 2.30. The van der Waals surface area contributed by atoms with Crippen molar-refractivity contribution in [3.8, 4) is 5.75 Å². The van der Waals surface area contributed by atoms with Crippen molar-refractivity contribution < 1.29 is 18.7 Å². The molecule has 1 fully saturated rings. The molecule has 5 rings (SSSR count). The van der Waals surface area contributed by atoms with Crippen molar-refractivity contribution in [1.82, 2.24) is 20.9 Å². The first-order valence-electron chi connectivity index (χ1n) is 9.99. The summed E-state index contributed by atoms with van der Waals surface area (Å²) in [6.45, 7) is 1.64. The molecule has 9 heteroatoms. The average Bonchev–Trinajstić information content (AvgIpc) is 3.13. The summed E-state index contributed by atoms with van der Waals surface area (Å²) in [5.41, 5.74) is 1.77. The van der Waals surface area contributed by atoms with Crippen molar-refractivity contribution in [1.29, 1.82) is 0 Å². The predicted molar refractivity (Wildman–Crippen MR) is 108 cm³/mol. The van der Waals surface area contributed by atoms with Gasteiger partial charge in [-0.25, -0.2) is 4.98 Å². The van der Waals surface area contributed by atoms with Crippen LogP contribution in [-0.4, -0.2) is 42.0 Å². The molecule has 1 aromatic heterocycles. The van der Waals surface area contributed by atoms with Crippen LogP contribution in [0.4, 0.5) is 0 Å². The number of carbonyl (C=O) groups excluding carboxylic acids is 2.